The number of epoxide rings is 1. The number of carbonyl (C=O) groups excluding carboxylic acids is 2. The van der Waals surface area contributed by atoms with Crippen LogP contribution in [0.1, 0.15) is 38.2 Å². The lowest BCUT2D eigenvalue weighted by Crippen LogP contribution is -2.29. The van der Waals surface area contributed by atoms with E-state index in [1.807, 2.05) is 24.4 Å². The van der Waals surface area contributed by atoms with Crippen LogP contribution in [0.4, 0.5) is 4.79 Å². The average Bonchev–Trinajstić information content (AvgIpc) is 3.15. The van der Waals surface area contributed by atoms with Gasteiger partial charge in [0.25, 0.3) is 0 Å². The number of nitrogens with one attached hydrogen (secondary N) is 2. The normalized spacial score (nSPS) is 30.6. The summed E-state index contributed by atoms with van der Waals surface area (Å²) in [5.74, 6) is -0.395. The van der Waals surface area contributed by atoms with E-state index in [9.17, 15) is 9.59 Å². The summed E-state index contributed by atoms with van der Waals surface area (Å²) in [4.78, 5) is 27.7. The Labute approximate surface area is 200 Å². The number of benzene rings is 1. The van der Waals surface area contributed by atoms with Crippen molar-refractivity contribution in [1.29, 1.82) is 0 Å². The van der Waals surface area contributed by atoms with E-state index in [-0.39, 0.29) is 36.3 Å². The van der Waals surface area contributed by atoms with Gasteiger partial charge < -0.3 is 24.5 Å². The van der Waals surface area contributed by atoms with Crippen LogP contribution in [0.3, 0.4) is 0 Å². The summed E-state index contributed by atoms with van der Waals surface area (Å²) in [6.45, 7) is 6.59. The molecule has 3 heterocycles. The van der Waals surface area contributed by atoms with Crippen molar-refractivity contribution in [2.24, 2.45) is 5.92 Å². The summed E-state index contributed by atoms with van der Waals surface area (Å²) in [5, 5.41) is 3.89. The Morgan fingerprint density at radius 3 is 3.12 bits per heavy atom. The van der Waals surface area contributed by atoms with E-state index >= 15 is 0 Å². The van der Waals surface area contributed by atoms with Crippen molar-refractivity contribution < 1.29 is 23.8 Å². The predicted molar refractivity (Wildman–Crippen MR) is 127 cm³/mol. The van der Waals surface area contributed by atoms with Crippen LogP contribution in [-0.2, 0) is 25.5 Å². The maximum absolute atomic E-state index is 12.4. The summed E-state index contributed by atoms with van der Waals surface area (Å²) in [6.07, 6.45) is 6.31. The topological polar surface area (TPSA) is 92.9 Å². The van der Waals surface area contributed by atoms with Crippen LogP contribution in [0.2, 0.25) is 0 Å². The van der Waals surface area contributed by atoms with E-state index in [2.05, 4.69) is 45.8 Å². The van der Waals surface area contributed by atoms with Crippen molar-refractivity contribution in [2.75, 3.05) is 6.61 Å². The minimum absolute atomic E-state index is 0.0622. The van der Waals surface area contributed by atoms with Crippen molar-refractivity contribution in [3.05, 3.63) is 58.2 Å². The molecule has 0 saturated carbocycles. The first-order valence-electron chi connectivity index (χ1n) is 11.3. The van der Waals surface area contributed by atoms with E-state index in [0.717, 1.165) is 39.4 Å². The maximum Gasteiger partial charge on any atom is 0.407 e. The fourth-order valence-electron chi connectivity index (χ4n) is 4.92. The molecule has 0 radical (unpaired) electrons. The first-order chi connectivity index (χ1) is 15.8. The lowest BCUT2D eigenvalue weighted by molar-refractivity contribution is -0.140. The van der Waals surface area contributed by atoms with Crippen molar-refractivity contribution >= 4 is 38.9 Å². The molecule has 0 unspecified atom stereocenters. The van der Waals surface area contributed by atoms with Crippen molar-refractivity contribution in [1.82, 2.24) is 10.3 Å². The molecule has 33 heavy (non-hydrogen) atoms. The van der Waals surface area contributed by atoms with Gasteiger partial charge in [-0.15, -0.1) is 0 Å². The molecule has 4 atom stereocenters. The van der Waals surface area contributed by atoms with Crippen LogP contribution in [0, 0.1) is 5.92 Å². The fourth-order valence-corrected chi connectivity index (χ4v) is 5.29. The van der Waals surface area contributed by atoms with Crippen LogP contribution < -0.4 is 5.32 Å². The van der Waals surface area contributed by atoms with Crippen LogP contribution >= 0.6 is 15.9 Å². The van der Waals surface area contributed by atoms with Crippen LogP contribution in [0.25, 0.3) is 10.9 Å². The number of H-pyrrole nitrogens is 1. The predicted octanol–water partition coefficient (Wildman–Crippen LogP) is 4.91. The molecule has 0 bridgehead atoms. The van der Waals surface area contributed by atoms with Gasteiger partial charge in [0.2, 0.25) is 0 Å². The van der Waals surface area contributed by atoms with E-state index < -0.39 is 6.09 Å². The molecular formula is C25H27BrN2O5. The standard InChI is InChI=1S/C25H27BrN2O5/c1-14-18-7-5-15(4-3-9-25(2)22(33-25)21(18)32-23(14)29)13-31-24(30)28-12-16-11-27-20-8-6-17(26)10-19(16)20/h4,6,8,10-11,18,21-22,27H,1,3,5,7,9,12-13H2,2H3,(H,28,30)/b15-4+/t18-,21-,22-,25+/m0/s1. The van der Waals surface area contributed by atoms with Gasteiger partial charge in [-0.3, -0.25) is 0 Å². The molecule has 2 aliphatic heterocycles. The van der Waals surface area contributed by atoms with Crippen molar-refractivity contribution in [3.8, 4) is 0 Å². The number of fused-ring (bicyclic) bond motifs is 4. The van der Waals surface area contributed by atoms with E-state index in [0.29, 0.717) is 25.0 Å². The Morgan fingerprint density at radius 2 is 2.27 bits per heavy atom. The molecule has 2 saturated heterocycles. The highest BCUT2D eigenvalue weighted by Gasteiger charge is 2.61. The summed E-state index contributed by atoms with van der Waals surface area (Å²) < 4.78 is 18.0. The van der Waals surface area contributed by atoms with E-state index in [1.165, 1.54) is 0 Å². The molecule has 8 heteroatoms. The third-order valence-corrected chi connectivity index (χ3v) is 7.47. The number of halogens is 1. The van der Waals surface area contributed by atoms with Gasteiger partial charge in [0.1, 0.15) is 18.8 Å². The minimum Gasteiger partial charge on any atom is -0.455 e. The number of aromatic amines is 1. The number of allylic oxidation sites excluding steroid dienone is 1. The Bertz CT molecular complexity index is 1150. The fraction of sp³-hybridized carbons (Fsp3) is 0.440. The highest BCUT2D eigenvalue weighted by atomic mass is 79.9. The highest BCUT2D eigenvalue weighted by Crippen LogP contribution is 2.49. The zero-order valence-electron chi connectivity index (χ0n) is 18.5. The molecule has 1 amide bonds. The number of esters is 1. The number of ether oxygens (including phenoxy) is 3. The molecule has 2 N–H and O–H groups in total. The average molecular weight is 515 g/mol. The van der Waals surface area contributed by atoms with Crippen LogP contribution in [0.5, 0.6) is 0 Å². The molecule has 2 fully saturated rings. The molecule has 1 aromatic heterocycles. The number of alkyl carbamates (subject to hydrolysis) is 1. The Balaban J connectivity index is 1.18. The Morgan fingerprint density at radius 1 is 1.42 bits per heavy atom. The molecule has 7 nitrogen and oxygen atoms in total. The lowest BCUT2D eigenvalue weighted by Gasteiger charge is -2.20. The first kappa shape index (κ1) is 22.2. The van der Waals surface area contributed by atoms with Crippen LogP contribution in [-0.4, -0.2) is 41.5 Å². The second-order valence-corrected chi connectivity index (χ2v) is 10.1. The zero-order valence-corrected chi connectivity index (χ0v) is 20.1. The van der Waals surface area contributed by atoms with Crippen molar-refractivity contribution in [2.45, 2.75) is 57.0 Å². The summed E-state index contributed by atoms with van der Waals surface area (Å²) >= 11 is 3.48. The highest BCUT2D eigenvalue weighted by molar-refractivity contribution is 9.10. The second kappa shape index (κ2) is 8.65. The number of aromatic nitrogens is 1. The summed E-state index contributed by atoms with van der Waals surface area (Å²) in [6, 6.07) is 5.98. The molecule has 2 aromatic rings. The molecule has 1 aromatic carbocycles. The van der Waals surface area contributed by atoms with E-state index in [1.54, 1.807) is 0 Å². The lowest BCUT2D eigenvalue weighted by atomic mass is 9.84. The van der Waals surface area contributed by atoms with Gasteiger partial charge in [0, 0.05) is 39.6 Å². The van der Waals surface area contributed by atoms with Crippen LogP contribution in [0.15, 0.2) is 52.7 Å². The van der Waals surface area contributed by atoms with Gasteiger partial charge in [0.05, 0.1) is 5.60 Å². The number of rotatable bonds is 4. The zero-order chi connectivity index (χ0) is 23.2. The molecular weight excluding hydrogens is 488 g/mol. The van der Waals surface area contributed by atoms with Gasteiger partial charge in [-0.2, -0.15) is 0 Å². The Hall–Kier alpha value is -2.58. The van der Waals surface area contributed by atoms with Gasteiger partial charge >= 0.3 is 12.1 Å². The number of hydrogen-bond acceptors (Lipinski definition) is 5. The third-order valence-electron chi connectivity index (χ3n) is 6.98. The van der Waals surface area contributed by atoms with Gasteiger partial charge in [0.15, 0.2) is 0 Å². The summed E-state index contributed by atoms with van der Waals surface area (Å²) in [7, 11) is 0. The third kappa shape index (κ3) is 4.46. The largest absolute Gasteiger partial charge is 0.455 e. The molecule has 1 aliphatic carbocycles. The maximum atomic E-state index is 12.4. The molecule has 5 rings (SSSR count). The molecule has 174 valence electrons. The number of amides is 1. The molecule has 0 spiro atoms. The smallest absolute Gasteiger partial charge is 0.407 e. The van der Waals surface area contributed by atoms with Gasteiger partial charge in [-0.25, -0.2) is 9.59 Å². The van der Waals surface area contributed by atoms with E-state index in [4.69, 9.17) is 14.2 Å². The quantitative estimate of drug-likeness (QED) is 0.261. The number of carbonyl (C=O) groups is 2. The minimum atomic E-state index is -0.462. The Kier molecular flexibility index (Phi) is 5.82. The molecule has 3 aliphatic rings. The van der Waals surface area contributed by atoms with Gasteiger partial charge in [-0.05, 0) is 61.9 Å². The SMILES string of the molecule is C=C1C(=O)O[C@H]2[C@H]1CC/C(COC(=O)NCc1c[nH]c3ccc(Br)cc13)=C\CC[C@@]1(C)O[C@@H]21. The van der Waals surface area contributed by atoms with Crippen molar-refractivity contribution in [3.63, 3.8) is 0 Å². The first-order valence-corrected chi connectivity index (χ1v) is 12.0. The van der Waals surface area contributed by atoms with Gasteiger partial charge in [-0.1, -0.05) is 28.6 Å². The monoisotopic (exact) mass is 514 g/mol. The second-order valence-electron chi connectivity index (χ2n) is 9.23. The summed E-state index contributed by atoms with van der Waals surface area (Å²) in [5.41, 5.74) is 3.28. The number of hydrogen-bond donors (Lipinski definition) is 2.